The van der Waals surface area contributed by atoms with Crippen LogP contribution in [-0.4, -0.2) is 34.1 Å². The SMILES string of the molecule is Cc1ccc(C(=O)NC2CC2)cc1-n1cnc(C(=O)c2ccc3c(c2)OCO3)c1N. The van der Waals surface area contributed by atoms with Gasteiger partial charge in [0.1, 0.15) is 12.1 Å². The third kappa shape index (κ3) is 3.16. The zero-order valence-electron chi connectivity index (χ0n) is 16.3. The maximum atomic E-state index is 13.0. The number of hydrogen-bond acceptors (Lipinski definition) is 6. The van der Waals surface area contributed by atoms with E-state index in [-0.39, 0.29) is 36.0 Å². The third-order valence-electron chi connectivity index (χ3n) is 5.30. The first-order valence-electron chi connectivity index (χ1n) is 9.70. The Morgan fingerprint density at radius 2 is 1.87 bits per heavy atom. The molecule has 152 valence electrons. The number of carbonyl (C=O) groups excluding carboxylic acids is 2. The van der Waals surface area contributed by atoms with Gasteiger partial charge in [-0.3, -0.25) is 14.2 Å². The van der Waals surface area contributed by atoms with E-state index in [1.165, 1.54) is 6.33 Å². The Morgan fingerprint density at radius 3 is 2.67 bits per heavy atom. The Morgan fingerprint density at radius 1 is 1.10 bits per heavy atom. The largest absolute Gasteiger partial charge is 0.454 e. The quantitative estimate of drug-likeness (QED) is 0.633. The van der Waals surface area contributed by atoms with Crippen LogP contribution in [0.3, 0.4) is 0 Å². The predicted molar refractivity (Wildman–Crippen MR) is 109 cm³/mol. The van der Waals surface area contributed by atoms with E-state index in [0.717, 1.165) is 18.4 Å². The summed E-state index contributed by atoms with van der Waals surface area (Å²) in [4.78, 5) is 29.7. The van der Waals surface area contributed by atoms with E-state index in [1.807, 2.05) is 13.0 Å². The number of aromatic nitrogens is 2. The Bertz CT molecular complexity index is 1180. The number of fused-ring (bicyclic) bond motifs is 1. The van der Waals surface area contributed by atoms with Crippen LogP contribution in [0.5, 0.6) is 11.5 Å². The van der Waals surface area contributed by atoms with Gasteiger partial charge >= 0.3 is 0 Å². The molecule has 1 amide bonds. The van der Waals surface area contributed by atoms with E-state index in [1.54, 1.807) is 34.9 Å². The van der Waals surface area contributed by atoms with Crippen molar-refractivity contribution in [1.29, 1.82) is 0 Å². The number of rotatable bonds is 5. The normalized spacial score (nSPS) is 14.6. The average Bonchev–Trinajstić information content (AvgIpc) is 3.29. The second-order valence-corrected chi connectivity index (χ2v) is 7.49. The number of imidazole rings is 1. The fraction of sp³-hybridized carbons (Fsp3) is 0.227. The van der Waals surface area contributed by atoms with Gasteiger partial charge in [-0.1, -0.05) is 6.07 Å². The number of ether oxygens (including phenoxy) is 2. The number of ketones is 1. The summed E-state index contributed by atoms with van der Waals surface area (Å²) in [7, 11) is 0. The van der Waals surface area contributed by atoms with Crippen LogP contribution < -0.4 is 20.5 Å². The lowest BCUT2D eigenvalue weighted by atomic mass is 10.1. The molecule has 1 aliphatic carbocycles. The van der Waals surface area contributed by atoms with E-state index >= 15 is 0 Å². The highest BCUT2D eigenvalue weighted by molar-refractivity contribution is 6.10. The summed E-state index contributed by atoms with van der Waals surface area (Å²) in [5.41, 5.74) is 8.99. The molecule has 1 aliphatic heterocycles. The van der Waals surface area contributed by atoms with Gasteiger partial charge < -0.3 is 20.5 Å². The van der Waals surface area contributed by atoms with Crippen LogP contribution in [-0.2, 0) is 0 Å². The van der Waals surface area contributed by atoms with Crippen LogP contribution in [0.4, 0.5) is 5.82 Å². The van der Waals surface area contributed by atoms with E-state index < -0.39 is 0 Å². The maximum Gasteiger partial charge on any atom is 0.251 e. The first-order chi connectivity index (χ1) is 14.5. The zero-order chi connectivity index (χ0) is 20.8. The Labute approximate surface area is 172 Å². The molecular weight excluding hydrogens is 384 g/mol. The first kappa shape index (κ1) is 18.2. The van der Waals surface area contributed by atoms with Crippen molar-refractivity contribution < 1.29 is 19.1 Å². The average molecular weight is 404 g/mol. The number of nitrogens with zero attached hydrogens (tertiary/aromatic N) is 2. The van der Waals surface area contributed by atoms with E-state index in [2.05, 4.69) is 10.3 Å². The van der Waals surface area contributed by atoms with Gasteiger partial charge in [0.15, 0.2) is 17.2 Å². The second-order valence-electron chi connectivity index (χ2n) is 7.49. The van der Waals surface area contributed by atoms with Gasteiger partial charge in [0, 0.05) is 17.2 Å². The second kappa shape index (κ2) is 6.91. The van der Waals surface area contributed by atoms with Gasteiger partial charge in [0.05, 0.1) is 5.69 Å². The monoisotopic (exact) mass is 404 g/mol. The van der Waals surface area contributed by atoms with E-state index in [9.17, 15) is 9.59 Å². The van der Waals surface area contributed by atoms with Gasteiger partial charge in [-0.2, -0.15) is 0 Å². The fourth-order valence-electron chi connectivity index (χ4n) is 3.41. The van der Waals surface area contributed by atoms with E-state index in [0.29, 0.717) is 28.3 Å². The summed E-state index contributed by atoms with van der Waals surface area (Å²) < 4.78 is 12.3. The molecule has 30 heavy (non-hydrogen) atoms. The minimum atomic E-state index is -0.315. The van der Waals surface area contributed by atoms with Crippen molar-refractivity contribution in [1.82, 2.24) is 14.9 Å². The molecular formula is C22H20N4O4. The smallest absolute Gasteiger partial charge is 0.251 e. The molecule has 2 aliphatic rings. The van der Waals surface area contributed by atoms with Crippen molar-refractivity contribution in [2.45, 2.75) is 25.8 Å². The summed E-state index contributed by atoms with van der Waals surface area (Å²) in [5.74, 6) is 0.894. The van der Waals surface area contributed by atoms with E-state index in [4.69, 9.17) is 15.2 Å². The van der Waals surface area contributed by atoms with Crippen LogP contribution in [0.25, 0.3) is 5.69 Å². The van der Waals surface area contributed by atoms with Crippen molar-refractivity contribution in [3.05, 3.63) is 65.1 Å². The number of carbonyl (C=O) groups is 2. The van der Waals surface area contributed by atoms with Crippen molar-refractivity contribution in [2.24, 2.45) is 0 Å². The lowest BCUT2D eigenvalue weighted by Crippen LogP contribution is -2.25. The minimum Gasteiger partial charge on any atom is -0.454 e. The molecule has 1 fully saturated rings. The predicted octanol–water partition coefficient (Wildman–Crippen LogP) is 2.61. The number of nitrogens with two attached hydrogens (primary N) is 1. The lowest BCUT2D eigenvalue weighted by molar-refractivity contribution is 0.0950. The molecule has 0 atom stereocenters. The number of benzene rings is 2. The van der Waals surface area contributed by atoms with Gasteiger partial charge in [0.2, 0.25) is 12.6 Å². The molecule has 2 heterocycles. The molecule has 2 aromatic carbocycles. The Balaban J connectivity index is 1.47. The molecule has 0 spiro atoms. The molecule has 0 saturated heterocycles. The lowest BCUT2D eigenvalue weighted by Gasteiger charge is -2.12. The van der Waals surface area contributed by atoms with Gasteiger partial charge in [-0.15, -0.1) is 0 Å². The number of nitrogens with one attached hydrogen (secondary N) is 1. The molecule has 8 heteroatoms. The highest BCUT2D eigenvalue weighted by atomic mass is 16.7. The topological polar surface area (TPSA) is 108 Å². The molecule has 5 rings (SSSR count). The molecule has 0 unspecified atom stereocenters. The number of hydrogen-bond donors (Lipinski definition) is 2. The summed E-state index contributed by atoms with van der Waals surface area (Å²) in [6.07, 6.45) is 3.54. The molecule has 1 aromatic heterocycles. The standard InChI is InChI=1S/C22H20N4O4/c1-12-2-3-14(22(28)25-15-5-6-15)8-16(12)26-10-24-19(21(26)23)20(27)13-4-7-17-18(9-13)30-11-29-17/h2-4,7-10,15H,5-6,11,23H2,1H3,(H,25,28). The highest BCUT2D eigenvalue weighted by Gasteiger charge is 2.25. The van der Waals surface area contributed by atoms with Crippen molar-refractivity contribution >= 4 is 17.5 Å². The third-order valence-corrected chi connectivity index (χ3v) is 5.30. The number of nitrogen functional groups attached to an aromatic ring is 1. The van der Waals surface area contributed by atoms with Crippen LogP contribution >= 0.6 is 0 Å². The van der Waals surface area contributed by atoms with Crippen LogP contribution in [0.1, 0.15) is 44.8 Å². The van der Waals surface area contributed by atoms with Crippen LogP contribution in [0.2, 0.25) is 0 Å². The summed E-state index contributed by atoms with van der Waals surface area (Å²) >= 11 is 0. The van der Waals surface area contributed by atoms with Crippen LogP contribution in [0, 0.1) is 6.92 Å². The Kier molecular flexibility index (Phi) is 4.20. The molecule has 0 bridgehead atoms. The van der Waals surface area contributed by atoms with Crippen molar-refractivity contribution in [2.75, 3.05) is 12.5 Å². The number of amides is 1. The summed E-state index contributed by atoms with van der Waals surface area (Å²) in [5, 5.41) is 2.98. The Hall–Kier alpha value is -3.81. The van der Waals surface area contributed by atoms with Gasteiger partial charge in [0.25, 0.3) is 5.91 Å². The number of anilines is 1. The summed E-state index contributed by atoms with van der Waals surface area (Å²) in [6, 6.07) is 10.6. The van der Waals surface area contributed by atoms with Gasteiger partial charge in [-0.05, 0) is 55.7 Å². The highest BCUT2D eigenvalue weighted by Crippen LogP contribution is 2.33. The minimum absolute atomic E-state index is 0.117. The van der Waals surface area contributed by atoms with Crippen LogP contribution in [0.15, 0.2) is 42.7 Å². The first-order valence-corrected chi connectivity index (χ1v) is 9.70. The maximum absolute atomic E-state index is 13.0. The van der Waals surface area contributed by atoms with Gasteiger partial charge in [-0.25, -0.2) is 4.98 Å². The summed E-state index contributed by atoms with van der Waals surface area (Å²) in [6.45, 7) is 2.05. The molecule has 1 saturated carbocycles. The zero-order valence-corrected chi connectivity index (χ0v) is 16.3. The molecule has 8 nitrogen and oxygen atoms in total. The molecule has 0 radical (unpaired) electrons. The van der Waals surface area contributed by atoms with Crippen molar-refractivity contribution in [3.8, 4) is 17.2 Å². The molecule has 3 aromatic rings. The molecule has 3 N–H and O–H groups in total. The fourth-order valence-corrected chi connectivity index (χ4v) is 3.41. The van der Waals surface area contributed by atoms with Crippen molar-refractivity contribution in [3.63, 3.8) is 0 Å². The number of aryl methyl sites for hydroxylation is 1.